The van der Waals surface area contributed by atoms with Crippen LogP contribution in [-0.2, 0) is 14.3 Å². The second-order valence-electron chi connectivity index (χ2n) is 8.00. The Kier molecular flexibility index (Phi) is 13.8. The van der Waals surface area contributed by atoms with Crippen molar-refractivity contribution in [3.05, 3.63) is 12.2 Å². The average Bonchev–Trinajstić information content (AvgIpc) is 2.71. The Bertz CT molecular complexity index is 551. The van der Waals surface area contributed by atoms with Crippen LogP contribution in [0.25, 0.3) is 0 Å². The molecule has 0 saturated heterocycles. The Morgan fingerprint density at radius 2 is 1.87 bits per heavy atom. The van der Waals surface area contributed by atoms with Gasteiger partial charge in [-0.3, -0.25) is 9.59 Å². The van der Waals surface area contributed by atoms with Gasteiger partial charge in [-0.05, 0) is 57.6 Å². The summed E-state index contributed by atoms with van der Waals surface area (Å²) in [6.07, 6.45) is 11.1. The number of ketones is 1. The van der Waals surface area contributed by atoms with E-state index in [0.717, 1.165) is 25.7 Å². The minimum absolute atomic E-state index is 0.000800. The van der Waals surface area contributed by atoms with Crippen molar-refractivity contribution >= 4 is 17.8 Å². The highest BCUT2D eigenvalue weighted by molar-refractivity contribution is 5.86. The van der Waals surface area contributed by atoms with E-state index in [1.165, 1.54) is 12.8 Å². The van der Waals surface area contributed by atoms with Crippen molar-refractivity contribution in [2.24, 2.45) is 5.92 Å². The highest BCUT2D eigenvalue weighted by Crippen LogP contribution is 2.14. The first-order valence-electron chi connectivity index (χ1n) is 11.6. The molecule has 0 aromatic heterocycles. The SMILES string of the molecule is CCNC(CCC(=O)NCCCNC(=O)OC1/C=C/CCCCC1)C(=O)C(C)CC. The molecule has 7 heteroatoms. The summed E-state index contributed by atoms with van der Waals surface area (Å²) >= 11 is 0. The molecular formula is C23H41N3O4. The minimum Gasteiger partial charge on any atom is -0.442 e. The van der Waals surface area contributed by atoms with Crippen molar-refractivity contribution < 1.29 is 19.1 Å². The number of carbonyl (C=O) groups excluding carboxylic acids is 3. The molecule has 0 spiro atoms. The van der Waals surface area contributed by atoms with Gasteiger partial charge in [-0.2, -0.15) is 0 Å². The monoisotopic (exact) mass is 423 g/mol. The summed E-state index contributed by atoms with van der Waals surface area (Å²) in [7, 11) is 0. The highest BCUT2D eigenvalue weighted by Gasteiger charge is 2.22. The molecule has 3 N–H and O–H groups in total. The van der Waals surface area contributed by atoms with Crippen LogP contribution in [0.1, 0.15) is 78.6 Å². The number of alkyl carbamates (subject to hydrolysis) is 1. The van der Waals surface area contributed by atoms with Crippen LogP contribution in [0.3, 0.4) is 0 Å². The van der Waals surface area contributed by atoms with Crippen LogP contribution in [0.15, 0.2) is 12.2 Å². The molecule has 1 aliphatic rings. The van der Waals surface area contributed by atoms with Gasteiger partial charge in [-0.1, -0.05) is 33.3 Å². The second-order valence-corrected chi connectivity index (χ2v) is 8.00. The Morgan fingerprint density at radius 3 is 2.60 bits per heavy atom. The topological polar surface area (TPSA) is 96.5 Å². The minimum atomic E-state index is -0.409. The first kappa shape index (κ1) is 26.1. The zero-order chi connectivity index (χ0) is 22.2. The summed E-state index contributed by atoms with van der Waals surface area (Å²) < 4.78 is 5.43. The normalized spacial score (nSPS) is 19.6. The summed E-state index contributed by atoms with van der Waals surface area (Å²) in [6, 6.07) is -0.269. The van der Waals surface area contributed by atoms with Crippen molar-refractivity contribution in [3.63, 3.8) is 0 Å². The van der Waals surface area contributed by atoms with Gasteiger partial charge >= 0.3 is 6.09 Å². The van der Waals surface area contributed by atoms with Gasteiger partial charge in [-0.25, -0.2) is 4.79 Å². The molecular weight excluding hydrogens is 382 g/mol. The average molecular weight is 424 g/mol. The van der Waals surface area contributed by atoms with Crippen molar-refractivity contribution in [1.82, 2.24) is 16.0 Å². The fourth-order valence-corrected chi connectivity index (χ4v) is 3.41. The van der Waals surface area contributed by atoms with Gasteiger partial charge in [0.25, 0.3) is 0 Å². The zero-order valence-electron chi connectivity index (χ0n) is 19.0. The largest absolute Gasteiger partial charge is 0.442 e. The van der Waals surface area contributed by atoms with Crippen LogP contribution in [0.2, 0.25) is 0 Å². The molecule has 3 atom stereocenters. The first-order valence-corrected chi connectivity index (χ1v) is 11.6. The van der Waals surface area contributed by atoms with Gasteiger partial charge in [0.05, 0.1) is 6.04 Å². The number of nitrogens with one attached hydrogen (secondary N) is 3. The van der Waals surface area contributed by atoms with E-state index < -0.39 is 6.09 Å². The Morgan fingerprint density at radius 1 is 1.10 bits per heavy atom. The summed E-state index contributed by atoms with van der Waals surface area (Å²) in [5.74, 6) is 0.104. The molecule has 0 saturated carbocycles. The molecule has 0 heterocycles. The summed E-state index contributed by atoms with van der Waals surface area (Å²) in [4.78, 5) is 36.3. The summed E-state index contributed by atoms with van der Waals surface area (Å²) in [5, 5.41) is 8.78. The Balaban J connectivity index is 2.17. The third-order valence-electron chi connectivity index (χ3n) is 5.47. The standard InChI is InChI=1S/C23H41N3O4/c1-4-18(3)22(28)20(24-5-2)14-15-21(27)25-16-11-17-26-23(29)30-19-12-9-7-6-8-10-13-19/h9,12,18-20,24H,4-8,10-11,13-17H2,1-3H3,(H,25,27)(H,26,29)/b12-9+. The molecule has 1 rings (SSSR count). The van der Waals surface area contributed by atoms with Gasteiger partial charge in [0.1, 0.15) is 6.10 Å². The lowest BCUT2D eigenvalue weighted by molar-refractivity contribution is -0.125. The molecule has 0 aromatic carbocycles. The van der Waals surface area contributed by atoms with Crippen LogP contribution in [0.4, 0.5) is 4.79 Å². The maximum Gasteiger partial charge on any atom is 0.407 e. The molecule has 0 fully saturated rings. The smallest absolute Gasteiger partial charge is 0.407 e. The lowest BCUT2D eigenvalue weighted by atomic mass is 9.94. The van der Waals surface area contributed by atoms with Gasteiger partial charge in [0.2, 0.25) is 5.91 Å². The van der Waals surface area contributed by atoms with Crippen LogP contribution in [0.5, 0.6) is 0 Å². The van der Waals surface area contributed by atoms with E-state index in [2.05, 4.69) is 22.0 Å². The molecule has 2 amide bonds. The van der Waals surface area contributed by atoms with Crippen molar-refractivity contribution in [2.45, 2.75) is 90.7 Å². The van der Waals surface area contributed by atoms with E-state index in [0.29, 0.717) is 38.9 Å². The number of carbonyl (C=O) groups is 3. The predicted octanol–water partition coefficient (Wildman–Crippen LogP) is 3.48. The van der Waals surface area contributed by atoms with Gasteiger partial charge in [0.15, 0.2) is 5.78 Å². The molecule has 30 heavy (non-hydrogen) atoms. The van der Waals surface area contributed by atoms with Gasteiger partial charge in [0, 0.05) is 25.4 Å². The number of Topliss-reactive ketones (excluding diaryl/α,β-unsaturated/α-hetero) is 1. The lowest BCUT2D eigenvalue weighted by Gasteiger charge is -2.19. The maximum atomic E-state index is 12.4. The number of hydrogen-bond donors (Lipinski definition) is 3. The highest BCUT2D eigenvalue weighted by atomic mass is 16.6. The van der Waals surface area contributed by atoms with E-state index in [1.54, 1.807) is 0 Å². The molecule has 0 aromatic rings. The predicted molar refractivity (Wildman–Crippen MR) is 119 cm³/mol. The Labute approximate surface area is 181 Å². The third-order valence-corrected chi connectivity index (χ3v) is 5.47. The number of hydrogen-bond acceptors (Lipinski definition) is 5. The zero-order valence-corrected chi connectivity index (χ0v) is 19.0. The molecule has 0 radical (unpaired) electrons. The van der Waals surface area contributed by atoms with E-state index >= 15 is 0 Å². The molecule has 3 unspecified atom stereocenters. The van der Waals surface area contributed by atoms with Crippen molar-refractivity contribution in [2.75, 3.05) is 19.6 Å². The quantitative estimate of drug-likeness (QED) is 0.311. The van der Waals surface area contributed by atoms with Crippen molar-refractivity contribution in [1.29, 1.82) is 0 Å². The molecule has 0 aliphatic heterocycles. The third kappa shape index (κ3) is 11.3. The first-order chi connectivity index (χ1) is 14.5. The molecule has 7 nitrogen and oxygen atoms in total. The number of rotatable bonds is 13. The summed E-state index contributed by atoms with van der Waals surface area (Å²) in [6.45, 7) is 7.51. The van der Waals surface area contributed by atoms with Crippen LogP contribution < -0.4 is 16.0 Å². The van der Waals surface area contributed by atoms with Gasteiger partial charge in [-0.15, -0.1) is 0 Å². The number of ether oxygens (including phenoxy) is 1. The number of amides is 2. The second kappa shape index (κ2) is 15.9. The van der Waals surface area contributed by atoms with Crippen LogP contribution in [-0.4, -0.2) is 49.6 Å². The number of likely N-dealkylation sites (N-methyl/N-ethyl adjacent to an activating group) is 1. The fraction of sp³-hybridized carbons (Fsp3) is 0.783. The van der Waals surface area contributed by atoms with E-state index in [-0.39, 0.29) is 29.8 Å². The van der Waals surface area contributed by atoms with E-state index in [1.807, 2.05) is 26.8 Å². The Hall–Kier alpha value is -1.89. The van der Waals surface area contributed by atoms with Crippen LogP contribution in [0, 0.1) is 5.92 Å². The lowest BCUT2D eigenvalue weighted by Crippen LogP contribution is -2.40. The van der Waals surface area contributed by atoms with Crippen LogP contribution >= 0.6 is 0 Å². The van der Waals surface area contributed by atoms with E-state index in [4.69, 9.17) is 4.74 Å². The van der Waals surface area contributed by atoms with Gasteiger partial charge < -0.3 is 20.7 Å². The fourth-order valence-electron chi connectivity index (χ4n) is 3.41. The van der Waals surface area contributed by atoms with Crippen molar-refractivity contribution in [3.8, 4) is 0 Å². The number of allylic oxidation sites excluding steroid dienone is 1. The molecule has 0 bridgehead atoms. The molecule has 172 valence electrons. The molecule has 1 aliphatic carbocycles. The maximum absolute atomic E-state index is 12.4. The van der Waals surface area contributed by atoms with E-state index in [9.17, 15) is 14.4 Å². The summed E-state index contributed by atoms with van der Waals surface area (Å²) in [5.41, 5.74) is 0.